The number of carbonyl (C=O) groups excluding carboxylic acids is 1. The third-order valence-corrected chi connectivity index (χ3v) is 5.92. The summed E-state index contributed by atoms with van der Waals surface area (Å²) in [6.45, 7) is 0.674. The molecule has 0 spiro atoms. The Morgan fingerprint density at radius 2 is 2.11 bits per heavy atom. The fourth-order valence-electron chi connectivity index (χ4n) is 3.05. The molecule has 0 saturated carbocycles. The van der Waals surface area contributed by atoms with Gasteiger partial charge in [0, 0.05) is 30.9 Å². The highest BCUT2D eigenvalue weighted by Gasteiger charge is 2.41. The normalized spacial score (nSPS) is 22.2. The molecule has 3 rings (SSSR count). The average molecular weight is 429 g/mol. The number of nitro groups is 1. The van der Waals surface area contributed by atoms with Crippen LogP contribution in [-0.2, 0) is 25.6 Å². The summed E-state index contributed by atoms with van der Waals surface area (Å²) in [6.07, 6.45) is 0.0271. The maximum atomic E-state index is 12.6. The van der Waals surface area contributed by atoms with Gasteiger partial charge in [-0.1, -0.05) is 0 Å². The number of thioether (sulfide) groups is 1. The standard InChI is InChI=1S/C16H19N3O7S2/c1-28(23,24)26-13-8-14(15-17-6-7-27-15)18(9-13)16(20)25-10-11-2-4-12(5-3-11)19(21)22/h2-5,13-14H,6-10H2,1H3/t13-,14+/m1/s1. The molecule has 10 nitrogen and oxygen atoms in total. The van der Waals surface area contributed by atoms with Gasteiger partial charge in [0.15, 0.2) is 0 Å². The quantitative estimate of drug-likeness (QED) is 0.380. The maximum absolute atomic E-state index is 12.6. The number of likely N-dealkylation sites (tertiary alicyclic amines) is 1. The summed E-state index contributed by atoms with van der Waals surface area (Å²) in [4.78, 5) is 28.6. The number of nitro benzene ring substituents is 1. The van der Waals surface area contributed by atoms with Crippen molar-refractivity contribution in [3.63, 3.8) is 0 Å². The Bertz CT molecular complexity index is 886. The number of nitrogens with zero attached hydrogens (tertiary/aromatic N) is 3. The zero-order valence-corrected chi connectivity index (χ0v) is 16.6. The number of non-ortho nitro benzene ring substituents is 1. The van der Waals surface area contributed by atoms with Crippen LogP contribution in [-0.4, -0.2) is 66.6 Å². The Morgan fingerprint density at radius 1 is 1.39 bits per heavy atom. The zero-order valence-electron chi connectivity index (χ0n) is 15.0. The van der Waals surface area contributed by atoms with E-state index in [2.05, 4.69) is 4.99 Å². The Hall–Kier alpha value is -2.18. The largest absolute Gasteiger partial charge is 0.445 e. The van der Waals surface area contributed by atoms with Gasteiger partial charge in [-0.05, 0) is 17.7 Å². The van der Waals surface area contributed by atoms with Gasteiger partial charge in [-0.3, -0.25) is 24.2 Å². The van der Waals surface area contributed by atoms with Crippen LogP contribution in [0.15, 0.2) is 29.3 Å². The number of rotatable bonds is 6. The highest BCUT2D eigenvalue weighted by Crippen LogP contribution is 2.29. The molecule has 0 radical (unpaired) electrons. The molecule has 2 atom stereocenters. The lowest BCUT2D eigenvalue weighted by atomic mass is 10.2. The Kier molecular flexibility index (Phi) is 6.20. The van der Waals surface area contributed by atoms with Gasteiger partial charge in [0.05, 0.1) is 34.9 Å². The van der Waals surface area contributed by atoms with Crippen LogP contribution in [0.5, 0.6) is 0 Å². The van der Waals surface area contributed by atoms with Crippen LogP contribution in [0.25, 0.3) is 0 Å². The third kappa shape index (κ3) is 5.20. The van der Waals surface area contributed by atoms with Crippen molar-refractivity contribution >= 4 is 38.7 Å². The second-order valence-corrected chi connectivity index (χ2v) is 9.09. The molecule has 12 heteroatoms. The molecule has 2 heterocycles. The van der Waals surface area contributed by atoms with Crippen molar-refractivity contribution in [1.82, 2.24) is 4.90 Å². The van der Waals surface area contributed by atoms with E-state index in [-0.39, 0.29) is 24.9 Å². The van der Waals surface area contributed by atoms with Gasteiger partial charge in [-0.2, -0.15) is 8.42 Å². The highest BCUT2D eigenvalue weighted by molar-refractivity contribution is 8.14. The van der Waals surface area contributed by atoms with E-state index in [9.17, 15) is 23.3 Å². The van der Waals surface area contributed by atoms with Crippen molar-refractivity contribution < 1.29 is 27.1 Å². The van der Waals surface area contributed by atoms with E-state index in [0.717, 1.165) is 17.1 Å². The van der Waals surface area contributed by atoms with Crippen molar-refractivity contribution in [2.75, 3.05) is 25.1 Å². The first-order valence-corrected chi connectivity index (χ1v) is 11.3. The Labute approximate surface area is 166 Å². The minimum Gasteiger partial charge on any atom is -0.445 e. The van der Waals surface area contributed by atoms with Crippen LogP contribution in [0.4, 0.5) is 10.5 Å². The highest BCUT2D eigenvalue weighted by atomic mass is 32.2. The predicted octanol–water partition coefficient (Wildman–Crippen LogP) is 1.80. The van der Waals surface area contributed by atoms with E-state index in [1.54, 1.807) is 0 Å². The molecule has 0 bridgehead atoms. The van der Waals surface area contributed by atoms with Crippen LogP contribution >= 0.6 is 11.8 Å². The molecule has 1 fully saturated rings. The number of aliphatic imine (C=N–C) groups is 1. The molecule has 28 heavy (non-hydrogen) atoms. The predicted molar refractivity (Wildman–Crippen MR) is 103 cm³/mol. The molecule has 0 aliphatic carbocycles. The molecular weight excluding hydrogens is 410 g/mol. The zero-order chi connectivity index (χ0) is 20.3. The molecule has 1 amide bonds. The van der Waals surface area contributed by atoms with Crippen LogP contribution in [0, 0.1) is 10.1 Å². The molecule has 2 aliphatic heterocycles. The lowest BCUT2D eigenvalue weighted by Gasteiger charge is -2.23. The summed E-state index contributed by atoms with van der Waals surface area (Å²) in [5.41, 5.74) is 0.554. The smallest absolute Gasteiger partial charge is 0.410 e. The number of hydrogen-bond donors (Lipinski definition) is 0. The number of hydrogen-bond acceptors (Lipinski definition) is 9. The lowest BCUT2D eigenvalue weighted by molar-refractivity contribution is -0.384. The Morgan fingerprint density at radius 3 is 2.68 bits per heavy atom. The number of ether oxygens (including phenoxy) is 1. The third-order valence-electron chi connectivity index (χ3n) is 4.21. The van der Waals surface area contributed by atoms with Crippen molar-refractivity contribution in [1.29, 1.82) is 0 Å². The molecule has 1 saturated heterocycles. The molecule has 152 valence electrons. The van der Waals surface area contributed by atoms with Crippen LogP contribution in [0.2, 0.25) is 0 Å². The molecule has 0 unspecified atom stereocenters. The second-order valence-electron chi connectivity index (χ2n) is 6.37. The molecular formula is C16H19N3O7S2. The van der Waals surface area contributed by atoms with E-state index >= 15 is 0 Å². The first-order chi connectivity index (χ1) is 13.2. The topological polar surface area (TPSA) is 128 Å². The minimum absolute atomic E-state index is 0.0493. The lowest BCUT2D eigenvalue weighted by Crippen LogP contribution is -2.39. The minimum atomic E-state index is -3.65. The summed E-state index contributed by atoms with van der Waals surface area (Å²) in [7, 11) is -3.65. The van der Waals surface area contributed by atoms with Gasteiger partial charge in [0.1, 0.15) is 6.61 Å². The fourth-order valence-corrected chi connectivity index (χ4v) is 4.67. The molecule has 1 aromatic rings. The molecule has 0 N–H and O–H groups in total. The second kappa shape index (κ2) is 8.45. The monoisotopic (exact) mass is 429 g/mol. The summed E-state index contributed by atoms with van der Waals surface area (Å²) in [5, 5.41) is 11.5. The molecule has 0 aromatic heterocycles. The van der Waals surface area contributed by atoms with E-state index in [1.165, 1.54) is 40.9 Å². The van der Waals surface area contributed by atoms with E-state index in [1.807, 2.05) is 0 Å². The average Bonchev–Trinajstić information content (AvgIpc) is 3.28. The van der Waals surface area contributed by atoms with Gasteiger partial charge in [-0.15, -0.1) is 11.8 Å². The number of amides is 1. The van der Waals surface area contributed by atoms with Gasteiger partial charge in [0.25, 0.3) is 15.8 Å². The maximum Gasteiger partial charge on any atom is 0.410 e. The molecule has 1 aromatic carbocycles. The van der Waals surface area contributed by atoms with Crippen molar-refractivity contribution in [3.05, 3.63) is 39.9 Å². The summed E-state index contributed by atoms with van der Waals surface area (Å²) < 4.78 is 33.3. The van der Waals surface area contributed by atoms with Gasteiger partial charge in [0.2, 0.25) is 0 Å². The first kappa shape index (κ1) is 20.6. The van der Waals surface area contributed by atoms with Crippen molar-refractivity contribution in [2.24, 2.45) is 4.99 Å². The summed E-state index contributed by atoms with van der Waals surface area (Å²) >= 11 is 1.53. The van der Waals surface area contributed by atoms with E-state index in [0.29, 0.717) is 18.5 Å². The Balaban J connectivity index is 1.66. The first-order valence-electron chi connectivity index (χ1n) is 8.45. The van der Waals surface area contributed by atoms with Gasteiger partial charge in [-0.25, -0.2) is 4.79 Å². The van der Waals surface area contributed by atoms with Crippen LogP contribution in [0.1, 0.15) is 12.0 Å². The van der Waals surface area contributed by atoms with Gasteiger partial charge >= 0.3 is 6.09 Å². The summed E-state index contributed by atoms with van der Waals surface area (Å²) in [6, 6.07) is 5.31. The van der Waals surface area contributed by atoms with Crippen molar-refractivity contribution in [2.45, 2.75) is 25.2 Å². The SMILES string of the molecule is CS(=O)(=O)O[C@@H]1C[C@@H](C2=NCCS2)N(C(=O)OCc2ccc([N+](=O)[O-])cc2)C1. The number of benzene rings is 1. The number of carbonyl (C=O) groups is 1. The van der Waals surface area contributed by atoms with Crippen LogP contribution < -0.4 is 0 Å². The summed E-state index contributed by atoms with van der Waals surface area (Å²) in [5.74, 6) is 0.815. The van der Waals surface area contributed by atoms with E-state index < -0.39 is 27.2 Å². The van der Waals surface area contributed by atoms with Gasteiger partial charge < -0.3 is 4.74 Å². The van der Waals surface area contributed by atoms with E-state index in [4.69, 9.17) is 8.92 Å². The fraction of sp³-hybridized carbons (Fsp3) is 0.500. The van der Waals surface area contributed by atoms with Crippen LogP contribution in [0.3, 0.4) is 0 Å². The van der Waals surface area contributed by atoms with Crippen molar-refractivity contribution in [3.8, 4) is 0 Å². The molecule has 2 aliphatic rings.